The van der Waals surface area contributed by atoms with E-state index in [1.165, 1.54) is 29.4 Å². The fourth-order valence-corrected chi connectivity index (χ4v) is 4.82. The number of furan rings is 1. The lowest BCUT2D eigenvalue weighted by Gasteiger charge is -2.34. The van der Waals surface area contributed by atoms with E-state index in [4.69, 9.17) is 4.42 Å². The van der Waals surface area contributed by atoms with Crippen LogP contribution in [0.25, 0.3) is 0 Å². The zero-order valence-electron chi connectivity index (χ0n) is 14.4. The highest BCUT2D eigenvalue weighted by Gasteiger charge is 2.28. The van der Waals surface area contributed by atoms with Crippen molar-refractivity contribution in [3.05, 3.63) is 45.5 Å². The fraction of sp³-hybridized carbons (Fsp3) is 0.474. The molecular weight excluding hydrogens is 336 g/mol. The van der Waals surface area contributed by atoms with E-state index < -0.39 is 0 Å². The number of piperazine rings is 1. The van der Waals surface area contributed by atoms with Crippen LogP contribution >= 0.6 is 11.3 Å². The minimum atomic E-state index is -0.0265. The third kappa shape index (κ3) is 3.23. The second-order valence-electron chi connectivity index (χ2n) is 7.00. The van der Waals surface area contributed by atoms with Gasteiger partial charge in [0.05, 0.1) is 16.7 Å². The molecule has 1 fully saturated rings. The van der Waals surface area contributed by atoms with Crippen molar-refractivity contribution in [2.75, 3.05) is 26.2 Å². The van der Waals surface area contributed by atoms with Gasteiger partial charge in [-0.15, -0.1) is 11.3 Å². The van der Waals surface area contributed by atoms with Crippen molar-refractivity contribution >= 4 is 23.2 Å². The molecule has 2 aromatic heterocycles. The number of hydrogen-bond acceptors (Lipinski definition) is 4. The van der Waals surface area contributed by atoms with Crippen LogP contribution in [0.2, 0.25) is 0 Å². The van der Waals surface area contributed by atoms with Crippen molar-refractivity contribution in [3.8, 4) is 0 Å². The number of hydrogen-bond donors (Lipinski definition) is 0. The summed E-state index contributed by atoms with van der Waals surface area (Å²) in [6.07, 6.45) is 6.38. The first-order valence-electron chi connectivity index (χ1n) is 8.84. The summed E-state index contributed by atoms with van der Waals surface area (Å²) in [5.74, 6) is 0.798. The maximum absolute atomic E-state index is 12.8. The van der Waals surface area contributed by atoms with Crippen LogP contribution in [0.5, 0.6) is 0 Å². The average molecular weight is 358 g/mol. The van der Waals surface area contributed by atoms with Crippen LogP contribution in [0.15, 0.2) is 29.1 Å². The Hall–Kier alpha value is -2.08. The predicted octanol–water partition coefficient (Wildman–Crippen LogP) is 3.06. The lowest BCUT2D eigenvalue weighted by molar-refractivity contribution is 0.0537. The zero-order chi connectivity index (χ0) is 17.4. The molecule has 0 saturated carbocycles. The Labute approximate surface area is 151 Å². The Morgan fingerprint density at radius 3 is 2.56 bits per heavy atom. The second-order valence-corrected chi connectivity index (χ2v) is 8.14. The average Bonchev–Trinajstić information content (AvgIpc) is 3.30. The molecule has 2 amide bonds. The summed E-state index contributed by atoms with van der Waals surface area (Å²) < 4.78 is 4.98. The Balaban J connectivity index is 1.39. The summed E-state index contributed by atoms with van der Waals surface area (Å²) in [7, 11) is 0. The SMILES string of the molecule is CC1CCc2sc(C(=O)N3CCN(C(=O)c4ccoc4)CC3)cc2C1. The van der Waals surface area contributed by atoms with Crippen molar-refractivity contribution in [3.63, 3.8) is 0 Å². The predicted molar refractivity (Wildman–Crippen MR) is 96.0 cm³/mol. The summed E-state index contributed by atoms with van der Waals surface area (Å²) in [5.41, 5.74) is 1.93. The molecule has 0 bridgehead atoms. The molecule has 1 saturated heterocycles. The summed E-state index contributed by atoms with van der Waals surface area (Å²) in [4.78, 5) is 31.1. The first-order valence-corrected chi connectivity index (χ1v) is 9.66. The second kappa shape index (κ2) is 6.67. The Kier molecular flexibility index (Phi) is 4.37. The molecule has 1 aliphatic carbocycles. The molecule has 1 atom stereocenters. The summed E-state index contributed by atoms with van der Waals surface area (Å²) in [5, 5.41) is 0. The van der Waals surface area contributed by atoms with Crippen molar-refractivity contribution in [1.29, 1.82) is 0 Å². The lowest BCUT2D eigenvalue weighted by Crippen LogP contribution is -2.50. The first-order chi connectivity index (χ1) is 12.1. The molecule has 4 rings (SSSR count). The number of carbonyl (C=O) groups excluding carboxylic acids is 2. The topological polar surface area (TPSA) is 53.8 Å². The van der Waals surface area contributed by atoms with Gasteiger partial charge in [0.2, 0.25) is 0 Å². The van der Waals surface area contributed by atoms with Crippen molar-refractivity contribution in [2.45, 2.75) is 26.2 Å². The van der Waals surface area contributed by atoms with Crippen LogP contribution < -0.4 is 0 Å². The van der Waals surface area contributed by atoms with Gasteiger partial charge in [0.15, 0.2) is 0 Å². The van der Waals surface area contributed by atoms with Gasteiger partial charge in [0.25, 0.3) is 11.8 Å². The van der Waals surface area contributed by atoms with E-state index in [1.807, 2.05) is 4.90 Å². The number of carbonyl (C=O) groups is 2. The molecule has 0 spiro atoms. The van der Waals surface area contributed by atoms with Crippen LogP contribution in [-0.4, -0.2) is 47.8 Å². The van der Waals surface area contributed by atoms with Crippen LogP contribution in [0.4, 0.5) is 0 Å². The Morgan fingerprint density at radius 1 is 1.16 bits per heavy atom. The van der Waals surface area contributed by atoms with Gasteiger partial charge in [0.1, 0.15) is 6.26 Å². The molecule has 0 N–H and O–H groups in total. The summed E-state index contributed by atoms with van der Waals surface area (Å²) in [6, 6.07) is 3.78. The quantitative estimate of drug-likeness (QED) is 0.829. The molecule has 0 radical (unpaired) electrons. The largest absolute Gasteiger partial charge is 0.472 e. The van der Waals surface area contributed by atoms with E-state index in [-0.39, 0.29) is 11.8 Å². The van der Waals surface area contributed by atoms with Gasteiger partial charge in [-0.2, -0.15) is 0 Å². The van der Waals surface area contributed by atoms with E-state index in [0.29, 0.717) is 37.7 Å². The van der Waals surface area contributed by atoms with Crippen LogP contribution in [0.1, 0.15) is 43.8 Å². The molecule has 2 aromatic rings. The Bertz CT molecular complexity index is 773. The molecule has 6 heteroatoms. The fourth-order valence-electron chi connectivity index (χ4n) is 3.65. The molecule has 25 heavy (non-hydrogen) atoms. The van der Waals surface area contributed by atoms with Gasteiger partial charge in [-0.05, 0) is 42.9 Å². The van der Waals surface area contributed by atoms with Crippen molar-refractivity contribution in [2.24, 2.45) is 5.92 Å². The van der Waals surface area contributed by atoms with Gasteiger partial charge in [-0.3, -0.25) is 9.59 Å². The molecule has 2 aliphatic rings. The van der Waals surface area contributed by atoms with E-state index >= 15 is 0 Å². The zero-order valence-corrected chi connectivity index (χ0v) is 15.2. The summed E-state index contributed by atoms with van der Waals surface area (Å²) >= 11 is 1.66. The van der Waals surface area contributed by atoms with Crippen molar-refractivity contribution in [1.82, 2.24) is 9.80 Å². The number of amides is 2. The van der Waals surface area contributed by atoms with Crippen LogP contribution in [0, 0.1) is 5.92 Å². The molecule has 5 nitrogen and oxygen atoms in total. The highest BCUT2D eigenvalue weighted by Crippen LogP contribution is 2.32. The van der Waals surface area contributed by atoms with Gasteiger partial charge in [0, 0.05) is 31.1 Å². The minimum absolute atomic E-state index is 0.0265. The molecule has 1 unspecified atom stereocenters. The van der Waals surface area contributed by atoms with Crippen LogP contribution in [0.3, 0.4) is 0 Å². The molecule has 1 aliphatic heterocycles. The normalized spacial score (nSPS) is 20.4. The number of fused-ring (bicyclic) bond motifs is 1. The van der Waals surface area contributed by atoms with Gasteiger partial charge >= 0.3 is 0 Å². The maximum Gasteiger partial charge on any atom is 0.264 e. The summed E-state index contributed by atoms with van der Waals surface area (Å²) in [6.45, 7) is 4.58. The third-order valence-electron chi connectivity index (χ3n) is 5.16. The number of nitrogens with zero attached hydrogens (tertiary/aromatic N) is 2. The number of rotatable bonds is 2. The smallest absolute Gasteiger partial charge is 0.264 e. The van der Waals surface area contributed by atoms with Gasteiger partial charge in [-0.1, -0.05) is 6.92 Å². The third-order valence-corrected chi connectivity index (χ3v) is 6.39. The molecule has 132 valence electrons. The van der Waals surface area contributed by atoms with E-state index in [2.05, 4.69) is 13.0 Å². The number of thiophene rings is 1. The monoisotopic (exact) mass is 358 g/mol. The standard InChI is InChI=1S/C19H22N2O3S/c1-13-2-3-16-15(10-13)11-17(25-16)19(23)21-7-5-20(6-8-21)18(22)14-4-9-24-12-14/h4,9,11-13H,2-3,5-8,10H2,1H3. The Morgan fingerprint density at radius 2 is 1.88 bits per heavy atom. The van der Waals surface area contributed by atoms with E-state index in [1.54, 1.807) is 22.3 Å². The van der Waals surface area contributed by atoms with Gasteiger partial charge < -0.3 is 14.2 Å². The van der Waals surface area contributed by atoms with E-state index in [0.717, 1.165) is 17.7 Å². The van der Waals surface area contributed by atoms with Gasteiger partial charge in [-0.25, -0.2) is 0 Å². The van der Waals surface area contributed by atoms with Crippen LogP contribution in [-0.2, 0) is 12.8 Å². The van der Waals surface area contributed by atoms with Crippen molar-refractivity contribution < 1.29 is 14.0 Å². The van der Waals surface area contributed by atoms with E-state index in [9.17, 15) is 9.59 Å². The molecular formula is C19H22N2O3S. The molecule has 0 aromatic carbocycles. The highest BCUT2D eigenvalue weighted by molar-refractivity contribution is 7.14. The molecule has 3 heterocycles. The lowest BCUT2D eigenvalue weighted by atomic mass is 9.90. The number of aryl methyl sites for hydroxylation is 1. The highest BCUT2D eigenvalue weighted by atomic mass is 32.1. The maximum atomic E-state index is 12.8. The first kappa shape index (κ1) is 16.4. The minimum Gasteiger partial charge on any atom is -0.472 e.